The van der Waals surface area contributed by atoms with Gasteiger partial charge < -0.3 is 15.7 Å². The van der Waals surface area contributed by atoms with Gasteiger partial charge in [-0.3, -0.25) is 4.98 Å². The van der Waals surface area contributed by atoms with Crippen LogP contribution in [0.15, 0.2) is 59.3 Å². The third-order valence-corrected chi connectivity index (χ3v) is 4.16. The molecule has 0 saturated heterocycles. The summed E-state index contributed by atoms with van der Waals surface area (Å²) in [6.07, 6.45) is 3.47. The minimum absolute atomic E-state index is 0.00647. The average Bonchev–Trinajstić information content (AvgIpc) is 2.64. The molecule has 128 valence electrons. The monoisotopic (exact) mass is 399 g/mol. The van der Waals surface area contributed by atoms with E-state index in [4.69, 9.17) is 0 Å². The Morgan fingerprint density at radius 3 is 2.72 bits per heavy atom. The van der Waals surface area contributed by atoms with E-state index in [1.807, 2.05) is 49.4 Å². The van der Waals surface area contributed by atoms with Gasteiger partial charge in [-0.25, -0.2) is 4.98 Å². The molecule has 3 rings (SSSR count). The SMILES string of the molecule is C[C@@H](CO)Nc1nc(Nc2ccccc2Br)cc(-c2cccnc2)n1. The molecule has 3 aromatic rings. The number of aromatic nitrogens is 3. The first-order chi connectivity index (χ1) is 12.2. The van der Waals surface area contributed by atoms with Gasteiger partial charge in [0.25, 0.3) is 0 Å². The Kier molecular flexibility index (Phi) is 5.57. The second-order valence-electron chi connectivity index (χ2n) is 5.54. The molecule has 1 atom stereocenters. The van der Waals surface area contributed by atoms with Crippen LogP contribution in [0, 0.1) is 0 Å². The number of nitrogens with one attached hydrogen (secondary N) is 2. The van der Waals surface area contributed by atoms with Crippen molar-refractivity contribution in [3.63, 3.8) is 0 Å². The minimum atomic E-state index is -0.152. The molecule has 2 heterocycles. The molecule has 0 fully saturated rings. The Hall–Kier alpha value is -2.51. The predicted octanol–water partition coefficient (Wildman–Crippen LogP) is 3.84. The highest BCUT2D eigenvalue weighted by molar-refractivity contribution is 9.10. The number of anilines is 3. The van der Waals surface area contributed by atoms with E-state index in [1.54, 1.807) is 12.4 Å². The summed E-state index contributed by atoms with van der Waals surface area (Å²) in [5.74, 6) is 1.09. The van der Waals surface area contributed by atoms with Gasteiger partial charge in [0, 0.05) is 34.5 Å². The number of hydrogen-bond acceptors (Lipinski definition) is 6. The van der Waals surface area contributed by atoms with Crippen molar-refractivity contribution in [3.8, 4) is 11.3 Å². The largest absolute Gasteiger partial charge is 0.394 e. The lowest BCUT2D eigenvalue weighted by Gasteiger charge is -2.14. The normalized spacial score (nSPS) is 11.8. The van der Waals surface area contributed by atoms with Crippen molar-refractivity contribution in [2.75, 3.05) is 17.2 Å². The van der Waals surface area contributed by atoms with Crippen LogP contribution in [0.25, 0.3) is 11.3 Å². The van der Waals surface area contributed by atoms with Crippen LogP contribution < -0.4 is 10.6 Å². The molecule has 7 heteroatoms. The van der Waals surface area contributed by atoms with Gasteiger partial charge in [0.1, 0.15) is 5.82 Å². The smallest absolute Gasteiger partial charge is 0.225 e. The van der Waals surface area contributed by atoms with Gasteiger partial charge in [0.15, 0.2) is 0 Å². The second-order valence-corrected chi connectivity index (χ2v) is 6.39. The molecule has 1 aromatic carbocycles. The van der Waals surface area contributed by atoms with E-state index in [2.05, 4.69) is 41.5 Å². The number of halogens is 1. The highest BCUT2D eigenvalue weighted by atomic mass is 79.9. The zero-order chi connectivity index (χ0) is 17.6. The maximum Gasteiger partial charge on any atom is 0.225 e. The maximum atomic E-state index is 9.27. The Bertz CT molecular complexity index is 844. The van der Waals surface area contributed by atoms with Crippen LogP contribution in [-0.2, 0) is 0 Å². The zero-order valence-electron chi connectivity index (χ0n) is 13.6. The van der Waals surface area contributed by atoms with Gasteiger partial charge in [-0.05, 0) is 47.1 Å². The zero-order valence-corrected chi connectivity index (χ0v) is 15.2. The Morgan fingerprint density at radius 1 is 1.16 bits per heavy atom. The lowest BCUT2D eigenvalue weighted by Crippen LogP contribution is -2.21. The highest BCUT2D eigenvalue weighted by Gasteiger charge is 2.10. The molecule has 6 nitrogen and oxygen atoms in total. The molecule has 0 unspecified atom stereocenters. The number of rotatable bonds is 6. The van der Waals surface area contributed by atoms with Gasteiger partial charge in [-0.15, -0.1) is 0 Å². The third-order valence-electron chi connectivity index (χ3n) is 3.47. The van der Waals surface area contributed by atoms with Gasteiger partial charge in [-0.1, -0.05) is 12.1 Å². The summed E-state index contributed by atoms with van der Waals surface area (Å²) in [6, 6.07) is 13.3. The Balaban J connectivity index is 1.99. The Morgan fingerprint density at radius 2 is 2.00 bits per heavy atom. The molecule has 0 spiro atoms. The first-order valence-corrected chi connectivity index (χ1v) is 8.63. The maximum absolute atomic E-state index is 9.27. The molecule has 0 saturated carbocycles. The Labute approximate surface area is 154 Å². The molecule has 0 bridgehead atoms. The van der Waals surface area contributed by atoms with Crippen LogP contribution in [0.1, 0.15) is 6.92 Å². The van der Waals surface area contributed by atoms with Crippen molar-refractivity contribution in [2.45, 2.75) is 13.0 Å². The highest BCUT2D eigenvalue weighted by Crippen LogP contribution is 2.27. The van der Waals surface area contributed by atoms with E-state index in [0.717, 1.165) is 21.4 Å². The van der Waals surface area contributed by atoms with Crippen molar-refractivity contribution in [3.05, 3.63) is 59.3 Å². The van der Waals surface area contributed by atoms with Crippen LogP contribution >= 0.6 is 15.9 Å². The topological polar surface area (TPSA) is 83.0 Å². The van der Waals surface area contributed by atoms with Crippen molar-refractivity contribution in [1.29, 1.82) is 0 Å². The molecular formula is C18H18BrN5O. The van der Waals surface area contributed by atoms with E-state index >= 15 is 0 Å². The van der Waals surface area contributed by atoms with Gasteiger partial charge >= 0.3 is 0 Å². The van der Waals surface area contributed by atoms with Crippen LogP contribution in [0.3, 0.4) is 0 Å². The number of aliphatic hydroxyl groups is 1. The summed E-state index contributed by atoms with van der Waals surface area (Å²) in [5.41, 5.74) is 2.53. The number of para-hydroxylation sites is 1. The summed E-state index contributed by atoms with van der Waals surface area (Å²) in [7, 11) is 0. The third kappa shape index (κ3) is 4.52. The predicted molar refractivity (Wildman–Crippen MR) is 103 cm³/mol. The fourth-order valence-electron chi connectivity index (χ4n) is 2.20. The number of pyridine rings is 1. The summed E-state index contributed by atoms with van der Waals surface area (Å²) >= 11 is 3.52. The first-order valence-electron chi connectivity index (χ1n) is 7.84. The van der Waals surface area contributed by atoms with Crippen LogP contribution in [-0.4, -0.2) is 32.7 Å². The van der Waals surface area contributed by atoms with Crippen molar-refractivity contribution in [2.24, 2.45) is 0 Å². The van der Waals surface area contributed by atoms with E-state index in [0.29, 0.717) is 11.8 Å². The van der Waals surface area contributed by atoms with Gasteiger partial charge in [0.05, 0.1) is 18.0 Å². The molecule has 2 aromatic heterocycles. The molecule has 0 radical (unpaired) electrons. The lowest BCUT2D eigenvalue weighted by atomic mass is 10.2. The van der Waals surface area contributed by atoms with Crippen molar-refractivity contribution < 1.29 is 5.11 Å². The van der Waals surface area contributed by atoms with Crippen LogP contribution in [0.5, 0.6) is 0 Å². The average molecular weight is 400 g/mol. The van der Waals surface area contributed by atoms with E-state index in [1.165, 1.54) is 0 Å². The number of hydrogen-bond donors (Lipinski definition) is 3. The quantitative estimate of drug-likeness (QED) is 0.583. The molecular weight excluding hydrogens is 382 g/mol. The number of nitrogens with zero attached hydrogens (tertiary/aromatic N) is 3. The molecule has 0 aliphatic rings. The second kappa shape index (κ2) is 8.04. The summed E-state index contributed by atoms with van der Waals surface area (Å²) < 4.78 is 0.940. The summed E-state index contributed by atoms with van der Waals surface area (Å²) in [4.78, 5) is 13.2. The molecule has 0 aliphatic heterocycles. The fourth-order valence-corrected chi connectivity index (χ4v) is 2.59. The van der Waals surface area contributed by atoms with Crippen molar-refractivity contribution >= 4 is 33.4 Å². The van der Waals surface area contributed by atoms with E-state index in [9.17, 15) is 5.11 Å². The molecule has 0 amide bonds. The summed E-state index contributed by atoms with van der Waals surface area (Å²) in [6.45, 7) is 1.86. The van der Waals surface area contributed by atoms with Crippen LogP contribution in [0.2, 0.25) is 0 Å². The molecule has 25 heavy (non-hydrogen) atoms. The molecule has 0 aliphatic carbocycles. The minimum Gasteiger partial charge on any atom is -0.394 e. The van der Waals surface area contributed by atoms with Crippen LogP contribution in [0.4, 0.5) is 17.5 Å². The van der Waals surface area contributed by atoms with E-state index in [-0.39, 0.29) is 12.6 Å². The van der Waals surface area contributed by atoms with Gasteiger partial charge in [-0.2, -0.15) is 4.98 Å². The van der Waals surface area contributed by atoms with Gasteiger partial charge in [0.2, 0.25) is 5.95 Å². The fraction of sp³-hybridized carbons (Fsp3) is 0.167. The van der Waals surface area contributed by atoms with E-state index < -0.39 is 0 Å². The number of benzene rings is 1. The standard InChI is InChI=1S/C18H18BrN5O/c1-12(11-25)21-18-23-16(13-5-4-8-20-10-13)9-17(24-18)22-15-7-3-2-6-14(15)19/h2-10,12,25H,11H2,1H3,(H2,21,22,23,24)/t12-/m0/s1. The molecule has 3 N–H and O–H groups in total. The van der Waals surface area contributed by atoms with Crippen molar-refractivity contribution in [1.82, 2.24) is 15.0 Å². The lowest BCUT2D eigenvalue weighted by molar-refractivity contribution is 0.281. The number of aliphatic hydroxyl groups excluding tert-OH is 1. The summed E-state index contributed by atoms with van der Waals surface area (Å²) in [5, 5.41) is 15.7. The first kappa shape index (κ1) is 17.3.